The Balaban J connectivity index is 1.84. The van der Waals surface area contributed by atoms with Crippen molar-refractivity contribution < 1.29 is 0 Å². The molecule has 0 aliphatic heterocycles. The van der Waals surface area contributed by atoms with E-state index in [0.29, 0.717) is 0 Å². The molecule has 0 heteroatoms. The van der Waals surface area contributed by atoms with Gasteiger partial charge >= 0.3 is 0 Å². The van der Waals surface area contributed by atoms with Crippen LogP contribution < -0.4 is 0 Å². The Bertz CT molecular complexity index is 188. The van der Waals surface area contributed by atoms with Gasteiger partial charge in [-0.05, 0) is 48.9 Å². The van der Waals surface area contributed by atoms with Crippen molar-refractivity contribution in [3.05, 3.63) is 0 Å². The van der Waals surface area contributed by atoms with Gasteiger partial charge in [0.25, 0.3) is 0 Å². The molecule has 12 heavy (non-hydrogen) atoms. The van der Waals surface area contributed by atoms with E-state index in [2.05, 4.69) is 6.92 Å². The van der Waals surface area contributed by atoms with Crippen LogP contribution in [0.3, 0.4) is 0 Å². The lowest BCUT2D eigenvalue weighted by atomic mass is 9.45. The zero-order chi connectivity index (χ0) is 8.18. The van der Waals surface area contributed by atoms with Crippen LogP contribution in [0.25, 0.3) is 0 Å². The molecule has 0 aromatic rings. The monoisotopic (exact) mass is 164 g/mol. The molecule has 2 atom stereocenters. The molecule has 68 valence electrons. The molecule has 2 bridgehead atoms. The molecule has 0 spiro atoms. The van der Waals surface area contributed by atoms with E-state index in [1.165, 1.54) is 12.8 Å². The molecule has 0 nitrogen and oxygen atoms in total. The van der Waals surface area contributed by atoms with E-state index < -0.39 is 0 Å². The Kier molecular flexibility index (Phi) is 1.40. The van der Waals surface area contributed by atoms with E-state index in [1.807, 2.05) is 0 Å². The molecule has 0 saturated heterocycles. The second kappa shape index (κ2) is 2.27. The average Bonchev–Trinajstić information content (AvgIpc) is 2.03. The van der Waals surface area contributed by atoms with E-state index in [0.717, 1.165) is 23.2 Å². The highest BCUT2D eigenvalue weighted by Crippen LogP contribution is 2.63. The zero-order valence-electron chi connectivity index (χ0n) is 8.18. The van der Waals surface area contributed by atoms with Crippen molar-refractivity contribution in [3.63, 3.8) is 0 Å². The van der Waals surface area contributed by atoms with Gasteiger partial charge in [-0.25, -0.2) is 0 Å². The smallest absolute Gasteiger partial charge is 0.0290 e. The van der Waals surface area contributed by atoms with Crippen molar-refractivity contribution in [2.45, 2.75) is 51.9 Å². The van der Waals surface area contributed by atoms with Gasteiger partial charge in [-0.2, -0.15) is 0 Å². The molecule has 2 unspecified atom stereocenters. The van der Waals surface area contributed by atoms with Crippen molar-refractivity contribution in [1.29, 1.82) is 0 Å². The summed E-state index contributed by atoms with van der Waals surface area (Å²) in [6.07, 6.45) is 10.9. The van der Waals surface area contributed by atoms with Crippen molar-refractivity contribution in [2.75, 3.05) is 0 Å². The van der Waals surface area contributed by atoms with Gasteiger partial charge in [0.1, 0.15) is 0 Å². The summed E-state index contributed by atoms with van der Waals surface area (Å²) in [5.74, 6) is 3.43. The first-order valence-corrected chi connectivity index (χ1v) is 5.78. The van der Waals surface area contributed by atoms with Gasteiger partial charge in [0, 0.05) is 0 Å². The highest BCUT2D eigenvalue weighted by molar-refractivity contribution is 5.03. The van der Waals surface area contributed by atoms with Gasteiger partial charge in [0.05, 0.1) is 0 Å². The molecule has 4 aliphatic rings. The predicted molar refractivity (Wildman–Crippen MR) is 50.9 cm³/mol. The topological polar surface area (TPSA) is 0 Å². The number of hydrogen-bond donors (Lipinski definition) is 0. The summed E-state index contributed by atoms with van der Waals surface area (Å²) in [7, 11) is 0. The van der Waals surface area contributed by atoms with Gasteiger partial charge in [0.2, 0.25) is 0 Å². The lowest BCUT2D eigenvalue weighted by Crippen LogP contribution is -2.51. The normalized spacial score (nSPS) is 57.2. The standard InChI is InChI=1S/C12H20/c1-12-7-9(8-12)6-10-4-2-3-5-11(10)12/h9-11H,2-8H2,1H3. The first-order chi connectivity index (χ1) is 5.78. The van der Waals surface area contributed by atoms with Crippen LogP contribution in [-0.4, -0.2) is 0 Å². The van der Waals surface area contributed by atoms with Crippen molar-refractivity contribution >= 4 is 0 Å². The van der Waals surface area contributed by atoms with E-state index in [1.54, 1.807) is 32.1 Å². The SMILES string of the molecule is CC12CC(CC3CCCCC31)C2. The van der Waals surface area contributed by atoms with E-state index in [9.17, 15) is 0 Å². The second-order valence-electron chi connectivity index (χ2n) is 5.82. The first-order valence-electron chi connectivity index (χ1n) is 5.78. The van der Waals surface area contributed by atoms with Crippen LogP contribution in [0.2, 0.25) is 0 Å². The third-order valence-corrected chi connectivity index (χ3v) is 4.95. The van der Waals surface area contributed by atoms with E-state index in [4.69, 9.17) is 0 Å². The molecule has 4 saturated carbocycles. The Morgan fingerprint density at radius 1 is 1.08 bits per heavy atom. The van der Waals surface area contributed by atoms with E-state index in [-0.39, 0.29) is 0 Å². The van der Waals surface area contributed by atoms with Gasteiger partial charge in [-0.15, -0.1) is 0 Å². The maximum absolute atomic E-state index is 2.56. The van der Waals surface area contributed by atoms with Crippen LogP contribution in [0.1, 0.15) is 51.9 Å². The molecule has 0 aromatic heterocycles. The summed E-state index contributed by atoms with van der Waals surface area (Å²) in [6, 6.07) is 0. The predicted octanol–water partition coefficient (Wildman–Crippen LogP) is 3.61. The minimum absolute atomic E-state index is 0.813. The van der Waals surface area contributed by atoms with Crippen LogP contribution in [0.4, 0.5) is 0 Å². The number of hydrogen-bond acceptors (Lipinski definition) is 0. The van der Waals surface area contributed by atoms with Gasteiger partial charge in [-0.3, -0.25) is 0 Å². The molecule has 4 fully saturated rings. The summed E-state index contributed by atoms with van der Waals surface area (Å²) in [5, 5.41) is 0. The summed E-state index contributed by atoms with van der Waals surface area (Å²) >= 11 is 0. The highest BCUT2D eigenvalue weighted by Gasteiger charge is 2.53. The number of rotatable bonds is 0. The lowest BCUT2D eigenvalue weighted by Gasteiger charge is -2.60. The van der Waals surface area contributed by atoms with Crippen LogP contribution in [0, 0.1) is 23.2 Å². The van der Waals surface area contributed by atoms with Gasteiger partial charge in [0.15, 0.2) is 0 Å². The second-order valence-corrected chi connectivity index (χ2v) is 5.82. The third kappa shape index (κ3) is 0.843. The Morgan fingerprint density at radius 3 is 2.58 bits per heavy atom. The van der Waals surface area contributed by atoms with Crippen molar-refractivity contribution in [2.24, 2.45) is 23.2 Å². The first kappa shape index (κ1) is 7.41. The van der Waals surface area contributed by atoms with Crippen LogP contribution in [0.15, 0.2) is 0 Å². The fourth-order valence-corrected chi connectivity index (χ4v) is 4.56. The third-order valence-electron chi connectivity index (χ3n) is 4.95. The molecule has 4 rings (SSSR count). The molecule has 0 aromatic carbocycles. The molecule has 0 radical (unpaired) electrons. The Labute approximate surface area is 75.7 Å². The van der Waals surface area contributed by atoms with Crippen LogP contribution >= 0.6 is 0 Å². The molecule has 4 aliphatic carbocycles. The fraction of sp³-hybridized carbons (Fsp3) is 1.00. The maximum Gasteiger partial charge on any atom is -0.0290 e. The molecule has 0 N–H and O–H groups in total. The van der Waals surface area contributed by atoms with Crippen LogP contribution in [0.5, 0.6) is 0 Å². The average molecular weight is 164 g/mol. The van der Waals surface area contributed by atoms with E-state index >= 15 is 0 Å². The molecule has 0 heterocycles. The fourth-order valence-electron chi connectivity index (χ4n) is 4.56. The minimum atomic E-state index is 0.813. The summed E-state index contributed by atoms with van der Waals surface area (Å²) in [4.78, 5) is 0. The lowest BCUT2D eigenvalue weighted by molar-refractivity contribution is -0.103. The zero-order valence-corrected chi connectivity index (χ0v) is 8.18. The quantitative estimate of drug-likeness (QED) is 0.513. The van der Waals surface area contributed by atoms with Crippen molar-refractivity contribution in [1.82, 2.24) is 0 Å². The van der Waals surface area contributed by atoms with Crippen molar-refractivity contribution in [3.8, 4) is 0 Å². The molecular formula is C12H20. The molecule has 0 amide bonds. The Hall–Kier alpha value is 0. The van der Waals surface area contributed by atoms with Gasteiger partial charge in [-0.1, -0.05) is 26.2 Å². The summed E-state index contributed by atoms with van der Waals surface area (Å²) in [6.45, 7) is 2.56. The van der Waals surface area contributed by atoms with Gasteiger partial charge < -0.3 is 0 Å². The highest BCUT2D eigenvalue weighted by atomic mass is 14.6. The Morgan fingerprint density at radius 2 is 1.83 bits per heavy atom. The molecular weight excluding hydrogens is 144 g/mol. The minimum Gasteiger partial charge on any atom is -0.0593 e. The largest absolute Gasteiger partial charge is 0.0593 e. The summed E-state index contributed by atoms with van der Waals surface area (Å²) in [5.41, 5.74) is 0.813. The maximum atomic E-state index is 2.56. The summed E-state index contributed by atoms with van der Waals surface area (Å²) < 4.78 is 0. The van der Waals surface area contributed by atoms with Crippen LogP contribution in [-0.2, 0) is 0 Å².